The van der Waals surface area contributed by atoms with Crippen LogP contribution in [0, 0.1) is 5.92 Å². The lowest BCUT2D eigenvalue weighted by Crippen LogP contribution is -2.42. The Morgan fingerprint density at radius 1 is 1.53 bits per heavy atom. The second kappa shape index (κ2) is 4.49. The van der Waals surface area contributed by atoms with Crippen molar-refractivity contribution in [2.45, 2.75) is 31.8 Å². The normalized spacial score (nSPS) is 27.8. The standard InChI is InChI=1S/C12H18N4O/c17-12(15-10-1-3-13-6-10)9-2-4-16-8-14-7-11(16)5-9/h7-10,13H,1-6H2,(H,15,17). The first-order valence-corrected chi connectivity index (χ1v) is 6.33. The van der Waals surface area contributed by atoms with Gasteiger partial charge in [0.2, 0.25) is 5.91 Å². The van der Waals surface area contributed by atoms with Crippen LogP contribution in [0.3, 0.4) is 0 Å². The third kappa shape index (κ3) is 2.20. The lowest BCUT2D eigenvalue weighted by molar-refractivity contribution is -0.126. The number of fused-ring (bicyclic) bond motifs is 1. The van der Waals surface area contributed by atoms with Crippen molar-refractivity contribution in [1.29, 1.82) is 0 Å². The van der Waals surface area contributed by atoms with Crippen molar-refractivity contribution in [2.75, 3.05) is 13.1 Å². The van der Waals surface area contributed by atoms with Crippen LogP contribution in [0.4, 0.5) is 0 Å². The van der Waals surface area contributed by atoms with E-state index < -0.39 is 0 Å². The molecule has 1 amide bonds. The third-order valence-corrected chi connectivity index (χ3v) is 3.75. The van der Waals surface area contributed by atoms with Crippen molar-refractivity contribution in [3.8, 4) is 0 Å². The number of aromatic nitrogens is 2. The van der Waals surface area contributed by atoms with Gasteiger partial charge < -0.3 is 15.2 Å². The largest absolute Gasteiger partial charge is 0.352 e. The molecule has 5 nitrogen and oxygen atoms in total. The molecule has 17 heavy (non-hydrogen) atoms. The molecule has 2 atom stereocenters. The number of rotatable bonds is 2. The fourth-order valence-corrected chi connectivity index (χ4v) is 2.69. The molecule has 2 unspecified atom stereocenters. The summed E-state index contributed by atoms with van der Waals surface area (Å²) in [6.07, 6.45) is 6.53. The van der Waals surface area contributed by atoms with Crippen LogP contribution >= 0.6 is 0 Å². The van der Waals surface area contributed by atoms with Crippen LogP contribution in [0.2, 0.25) is 0 Å². The smallest absolute Gasteiger partial charge is 0.223 e. The molecule has 0 aromatic carbocycles. The molecule has 1 saturated heterocycles. The summed E-state index contributed by atoms with van der Waals surface area (Å²) in [5.41, 5.74) is 1.18. The summed E-state index contributed by atoms with van der Waals surface area (Å²) in [4.78, 5) is 16.2. The summed E-state index contributed by atoms with van der Waals surface area (Å²) >= 11 is 0. The molecule has 0 radical (unpaired) electrons. The highest BCUT2D eigenvalue weighted by Gasteiger charge is 2.27. The predicted octanol–water partition coefficient (Wildman–Crippen LogP) is -0.0764. The molecule has 3 heterocycles. The number of carbonyl (C=O) groups is 1. The molecule has 0 bridgehead atoms. The first-order valence-electron chi connectivity index (χ1n) is 6.33. The van der Waals surface area contributed by atoms with E-state index in [1.807, 2.05) is 12.5 Å². The quantitative estimate of drug-likeness (QED) is 0.752. The Morgan fingerprint density at radius 2 is 2.47 bits per heavy atom. The lowest BCUT2D eigenvalue weighted by atomic mass is 9.95. The lowest BCUT2D eigenvalue weighted by Gasteiger charge is -2.24. The summed E-state index contributed by atoms with van der Waals surface area (Å²) in [5, 5.41) is 6.40. The Morgan fingerprint density at radius 3 is 3.29 bits per heavy atom. The van der Waals surface area contributed by atoms with Gasteiger partial charge in [-0.2, -0.15) is 0 Å². The molecule has 2 N–H and O–H groups in total. The molecule has 1 aromatic rings. The summed E-state index contributed by atoms with van der Waals surface area (Å²) in [6.45, 7) is 2.84. The van der Waals surface area contributed by atoms with Crippen LogP contribution in [0.5, 0.6) is 0 Å². The van der Waals surface area contributed by atoms with E-state index in [9.17, 15) is 4.79 Å². The Labute approximate surface area is 101 Å². The van der Waals surface area contributed by atoms with Crippen molar-refractivity contribution in [1.82, 2.24) is 20.2 Å². The molecule has 2 aliphatic heterocycles. The van der Waals surface area contributed by atoms with Gasteiger partial charge >= 0.3 is 0 Å². The van der Waals surface area contributed by atoms with Gasteiger partial charge in [-0.15, -0.1) is 0 Å². The summed E-state index contributed by atoms with van der Waals surface area (Å²) in [5.74, 6) is 0.339. The number of nitrogens with zero attached hydrogens (tertiary/aromatic N) is 2. The molecule has 2 aliphatic rings. The number of nitrogens with one attached hydrogen (secondary N) is 2. The first-order chi connectivity index (χ1) is 8.33. The van der Waals surface area contributed by atoms with Gasteiger partial charge in [-0.05, 0) is 19.4 Å². The van der Waals surface area contributed by atoms with Crippen molar-refractivity contribution in [3.05, 3.63) is 18.2 Å². The van der Waals surface area contributed by atoms with Gasteiger partial charge in [0, 0.05) is 43.4 Å². The predicted molar refractivity (Wildman–Crippen MR) is 63.5 cm³/mol. The van der Waals surface area contributed by atoms with E-state index in [0.717, 1.165) is 38.9 Å². The molecular weight excluding hydrogens is 216 g/mol. The van der Waals surface area contributed by atoms with E-state index in [4.69, 9.17) is 0 Å². The number of imidazole rings is 1. The van der Waals surface area contributed by atoms with Crippen LogP contribution in [0.15, 0.2) is 12.5 Å². The van der Waals surface area contributed by atoms with Gasteiger partial charge in [0.15, 0.2) is 0 Å². The summed E-state index contributed by atoms with van der Waals surface area (Å²) < 4.78 is 2.14. The zero-order valence-electron chi connectivity index (χ0n) is 9.85. The molecule has 1 aromatic heterocycles. The van der Waals surface area contributed by atoms with E-state index in [-0.39, 0.29) is 11.8 Å². The van der Waals surface area contributed by atoms with Gasteiger partial charge in [-0.3, -0.25) is 4.79 Å². The van der Waals surface area contributed by atoms with Crippen molar-refractivity contribution in [2.24, 2.45) is 5.92 Å². The average molecular weight is 234 g/mol. The zero-order valence-corrected chi connectivity index (χ0v) is 9.85. The van der Waals surface area contributed by atoms with E-state index in [0.29, 0.717) is 6.04 Å². The third-order valence-electron chi connectivity index (χ3n) is 3.75. The van der Waals surface area contributed by atoms with Crippen LogP contribution in [-0.2, 0) is 17.8 Å². The second-order valence-corrected chi connectivity index (χ2v) is 4.97. The molecule has 3 rings (SSSR count). The maximum absolute atomic E-state index is 12.1. The molecule has 0 spiro atoms. The number of amides is 1. The SMILES string of the molecule is O=C(NC1CCNC1)C1CCn2cncc2C1. The van der Waals surface area contributed by atoms with Gasteiger partial charge in [-0.1, -0.05) is 0 Å². The highest BCUT2D eigenvalue weighted by Crippen LogP contribution is 2.20. The maximum atomic E-state index is 12.1. The fourth-order valence-electron chi connectivity index (χ4n) is 2.69. The van der Waals surface area contributed by atoms with Crippen LogP contribution in [0.1, 0.15) is 18.5 Å². The van der Waals surface area contributed by atoms with Crippen LogP contribution in [0.25, 0.3) is 0 Å². The molecule has 5 heteroatoms. The minimum Gasteiger partial charge on any atom is -0.352 e. The zero-order chi connectivity index (χ0) is 11.7. The van der Waals surface area contributed by atoms with E-state index in [1.54, 1.807) is 0 Å². The first kappa shape index (κ1) is 10.8. The number of carbonyl (C=O) groups excluding carboxylic acids is 1. The topological polar surface area (TPSA) is 59.0 Å². The second-order valence-electron chi connectivity index (χ2n) is 4.97. The Bertz CT molecular complexity index is 408. The van der Waals surface area contributed by atoms with E-state index >= 15 is 0 Å². The monoisotopic (exact) mass is 234 g/mol. The van der Waals surface area contributed by atoms with Crippen LogP contribution < -0.4 is 10.6 Å². The molecule has 0 aliphatic carbocycles. The van der Waals surface area contributed by atoms with Gasteiger partial charge in [0.25, 0.3) is 0 Å². The van der Waals surface area contributed by atoms with Crippen LogP contribution in [-0.4, -0.2) is 34.6 Å². The van der Waals surface area contributed by atoms with Crippen molar-refractivity contribution in [3.63, 3.8) is 0 Å². The van der Waals surface area contributed by atoms with E-state index in [1.165, 1.54) is 5.69 Å². The molecule has 1 fully saturated rings. The Hall–Kier alpha value is -1.36. The minimum absolute atomic E-state index is 0.125. The molecule has 0 saturated carbocycles. The highest BCUT2D eigenvalue weighted by atomic mass is 16.2. The average Bonchev–Trinajstić information content (AvgIpc) is 2.97. The van der Waals surface area contributed by atoms with Crippen molar-refractivity contribution < 1.29 is 4.79 Å². The number of hydrogen-bond acceptors (Lipinski definition) is 3. The Kier molecular flexibility index (Phi) is 2.84. The summed E-state index contributed by atoms with van der Waals surface area (Å²) in [6, 6.07) is 0.328. The van der Waals surface area contributed by atoms with Gasteiger partial charge in [0.05, 0.1) is 6.33 Å². The molecular formula is C12H18N4O. The van der Waals surface area contributed by atoms with Gasteiger partial charge in [-0.25, -0.2) is 4.98 Å². The fraction of sp³-hybridized carbons (Fsp3) is 0.667. The maximum Gasteiger partial charge on any atom is 0.223 e. The minimum atomic E-state index is 0.125. The highest BCUT2D eigenvalue weighted by molar-refractivity contribution is 5.79. The molecule has 92 valence electrons. The van der Waals surface area contributed by atoms with Crippen molar-refractivity contribution >= 4 is 5.91 Å². The van der Waals surface area contributed by atoms with E-state index in [2.05, 4.69) is 20.2 Å². The van der Waals surface area contributed by atoms with Gasteiger partial charge in [0.1, 0.15) is 0 Å². The number of hydrogen-bond donors (Lipinski definition) is 2. The Balaban J connectivity index is 1.60. The number of aryl methyl sites for hydroxylation is 1. The summed E-state index contributed by atoms with van der Waals surface area (Å²) in [7, 11) is 0.